The van der Waals surface area contributed by atoms with E-state index in [1.807, 2.05) is 24.4 Å². The average molecular weight is 282 g/mol. The Labute approximate surface area is 126 Å². The molecular weight excluding hydrogens is 260 g/mol. The molecule has 0 radical (unpaired) electrons. The third-order valence-electron chi connectivity index (χ3n) is 4.45. The van der Waals surface area contributed by atoms with Crippen molar-refractivity contribution in [2.45, 2.75) is 38.8 Å². The summed E-state index contributed by atoms with van der Waals surface area (Å²) in [4.78, 5) is 6.90. The second kappa shape index (κ2) is 6.27. The van der Waals surface area contributed by atoms with E-state index in [1.165, 1.54) is 5.56 Å². The van der Waals surface area contributed by atoms with E-state index in [1.54, 1.807) is 6.07 Å². The molecule has 0 spiro atoms. The molecule has 1 aromatic heterocycles. The van der Waals surface area contributed by atoms with E-state index in [-0.39, 0.29) is 0 Å². The second-order valence-corrected chi connectivity index (χ2v) is 5.70. The first-order chi connectivity index (χ1) is 10.3. The highest BCUT2D eigenvalue weighted by molar-refractivity contribution is 5.41. The minimum absolute atomic E-state index is 0.450. The Morgan fingerprint density at radius 1 is 1.24 bits per heavy atom. The SMILES string of the molecule is CCN(Cc1ccccn1)C1CCc2cccc(O)c2C1. The molecule has 0 aliphatic heterocycles. The number of rotatable bonds is 4. The van der Waals surface area contributed by atoms with Crippen LogP contribution in [0.25, 0.3) is 0 Å². The van der Waals surface area contributed by atoms with E-state index in [4.69, 9.17) is 0 Å². The number of benzene rings is 1. The zero-order chi connectivity index (χ0) is 14.7. The highest BCUT2D eigenvalue weighted by Crippen LogP contribution is 2.31. The van der Waals surface area contributed by atoms with Crippen LogP contribution in [-0.2, 0) is 19.4 Å². The van der Waals surface area contributed by atoms with Crippen LogP contribution in [0.1, 0.15) is 30.2 Å². The quantitative estimate of drug-likeness (QED) is 0.935. The molecule has 2 aromatic rings. The largest absolute Gasteiger partial charge is 0.508 e. The van der Waals surface area contributed by atoms with Crippen molar-refractivity contribution in [1.29, 1.82) is 0 Å². The van der Waals surface area contributed by atoms with Crippen LogP contribution in [-0.4, -0.2) is 27.6 Å². The predicted octanol–water partition coefficient (Wildman–Crippen LogP) is 3.17. The molecule has 1 heterocycles. The molecular formula is C18H22N2O. The smallest absolute Gasteiger partial charge is 0.119 e. The first-order valence-electron chi connectivity index (χ1n) is 7.71. The third-order valence-corrected chi connectivity index (χ3v) is 4.45. The third kappa shape index (κ3) is 3.08. The van der Waals surface area contributed by atoms with Gasteiger partial charge in [0.05, 0.1) is 5.69 Å². The molecule has 1 aliphatic rings. The number of hydrogen-bond acceptors (Lipinski definition) is 3. The zero-order valence-electron chi connectivity index (χ0n) is 12.5. The van der Waals surface area contributed by atoms with Crippen molar-refractivity contribution in [3.63, 3.8) is 0 Å². The van der Waals surface area contributed by atoms with Gasteiger partial charge in [0, 0.05) is 18.8 Å². The van der Waals surface area contributed by atoms with E-state index in [0.717, 1.165) is 43.6 Å². The number of pyridine rings is 1. The molecule has 0 saturated carbocycles. The first-order valence-corrected chi connectivity index (χ1v) is 7.71. The topological polar surface area (TPSA) is 36.4 Å². The van der Waals surface area contributed by atoms with Crippen molar-refractivity contribution in [2.75, 3.05) is 6.54 Å². The highest BCUT2D eigenvalue weighted by atomic mass is 16.3. The number of aryl methyl sites for hydroxylation is 1. The number of aromatic nitrogens is 1. The molecule has 1 unspecified atom stereocenters. The van der Waals surface area contributed by atoms with E-state index >= 15 is 0 Å². The molecule has 0 bridgehead atoms. The average Bonchev–Trinajstić information content (AvgIpc) is 2.54. The van der Waals surface area contributed by atoms with Gasteiger partial charge in [-0.05, 0) is 55.1 Å². The standard InChI is InChI=1S/C18H22N2O/c1-2-20(13-15-7-3-4-11-19-15)16-10-9-14-6-5-8-18(21)17(14)12-16/h3-8,11,16,21H,2,9-10,12-13H2,1H3. The molecule has 21 heavy (non-hydrogen) atoms. The van der Waals surface area contributed by atoms with Gasteiger partial charge in [0.1, 0.15) is 5.75 Å². The van der Waals surface area contributed by atoms with Crippen molar-refractivity contribution >= 4 is 0 Å². The Kier molecular flexibility index (Phi) is 4.20. The Balaban J connectivity index is 1.76. The van der Waals surface area contributed by atoms with Crippen LogP contribution in [0.5, 0.6) is 5.75 Å². The van der Waals surface area contributed by atoms with E-state index < -0.39 is 0 Å². The van der Waals surface area contributed by atoms with Gasteiger partial charge in [-0.25, -0.2) is 0 Å². The van der Waals surface area contributed by atoms with Crippen LogP contribution in [0.2, 0.25) is 0 Å². The van der Waals surface area contributed by atoms with Crippen LogP contribution in [0.15, 0.2) is 42.6 Å². The number of hydrogen-bond donors (Lipinski definition) is 1. The lowest BCUT2D eigenvalue weighted by Crippen LogP contribution is -2.39. The van der Waals surface area contributed by atoms with Crippen LogP contribution < -0.4 is 0 Å². The Morgan fingerprint density at radius 2 is 2.14 bits per heavy atom. The minimum Gasteiger partial charge on any atom is -0.508 e. The number of aromatic hydroxyl groups is 1. The molecule has 110 valence electrons. The fraction of sp³-hybridized carbons (Fsp3) is 0.389. The lowest BCUT2D eigenvalue weighted by Gasteiger charge is -2.34. The van der Waals surface area contributed by atoms with Gasteiger partial charge in [-0.1, -0.05) is 25.1 Å². The summed E-state index contributed by atoms with van der Waals surface area (Å²) < 4.78 is 0. The van der Waals surface area contributed by atoms with Crippen molar-refractivity contribution < 1.29 is 5.11 Å². The lowest BCUT2D eigenvalue weighted by atomic mass is 9.87. The Hall–Kier alpha value is -1.87. The minimum atomic E-state index is 0.450. The van der Waals surface area contributed by atoms with Crippen molar-refractivity contribution in [3.05, 3.63) is 59.4 Å². The summed E-state index contributed by atoms with van der Waals surface area (Å²) in [6.45, 7) is 4.08. The van der Waals surface area contributed by atoms with Crippen LogP contribution in [0, 0.1) is 0 Å². The lowest BCUT2D eigenvalue weighted by molar-refractivity contribution is 0.177. The molecule has 3 nitrogen and oxygen atoms in total. The molecule has 1 atom stereocenters. The number of nitrogens with zero attached hydrogens (tertiary/aromatic N) is 2. The number of phenols is 1. The van der Waals surface area contributed by atoms with E-state index in [0.29, 0.717) is 11.8 Å². The van der Waals surface area contributed by atoms with Crippen LogP contribution >= 0.6 is 0 Å². The van der Waals surface area contributed by atoms with Gasteiger partial charge in [0.25, 0.3) is 0 Å². The maximum atomic E-state index is 10.1. The summed E-state index contributed by atoms with van der Waals surface area (Å²) in [5.41, 5.74) is 3.55. The van der Waals surface area contributed by atoms with Gasteiger partial charge in [-0.15, -0.1) is 0 Å². The van der Waals surface area contributed by atoms with Gasteiger partial charge < -0.3 is 5.11 Å². The summed E-state index contributed by atoms with van der Waals surface area (Å²) in [5.74, 6) is 0.450. The number of phenolic OH excluding ortho intramolecular Hbond substituents is 1. The van der Waals surface area contributed by atoms with Gasteiger partial charge in [-0.3, -0.25) is 9.88 Å². The molecule has 3 rings (SSSR count). The van der Waals surface area contributed by atoms with Gasteiger partial charge in [0.2, 0.25) is 0 Å². The summed E-state index contributed by atoms with van der Waals surface area (Å²) in [6.07, 6.45) is 4.98. The second-order valence-electron chi connectivity index (χ2n) is 5.70. The van der Waals surface area contributed by atoms with E-state index in [9.17, 15) is 5.11 Å². The maximum Gasteiger partial charge on any atom is 0.119 e. The van der Waals surface area contributed by atoms with Crippen LogP contribution in [0.4, 0.5) is 0 Å². The van der Waals surface area contributed by atoms with Crippen LogP contribution in [0.3, 0.4) is 0 Å². The summed E-state index contributed by atoms with van der Waals surface area (Å²) in [5, 5.41) is 10.1. The van der Waals surface area contributed by atoms with Gasteiger partial charge >= 0.3 is 0 Å². The number of likely N-dealkylation sites (N-methyl/N-ethyl adjacent to an activating group) is 1. The molecule has 0 saturated heterocycles. The molecule has 1 N–H and O–H groups in total. The van der Waals surface area contributed by atoms with Gasteiger partial charge in [-0.2, -0.15) is 0 Å². The fourth-order valence-corrected chi connectivity index (χ4v) is 3.26. The first kappa shape index (κ1) is 14.1. The monoisotopic (exact) mass is 282 g/mol. The molecule has 1 aliphatic carbocycles. The predicted molar refractivity (Wildman–Crippen MR) is 84.2 cm³/mol. The Morgan fingerprint density at radius 3 is 2.90 bits per heavy atom. The summed E-state index contributed by atoms with van der Waals surface area (Å²) in [6, 6.07) is 12.4. The maximum absolute atomic E-state index is 10.1. The molecule has 0 amide bonds. The Bertz CT molecular complexity index is 597. The zero-order valence-corrected chi connectivity index (χ0v) is 12.5. The van der Waals surface area contributed by atoms with Crippen molar-refractivity contribution in [1.82, 2.24) is 9.88 Å². The molecule has 1 aromatic carbocycles. The van der Waals surface area contributed by atoms with Crippen molar-refractivity contribution in [2.24, 2.45) is 0 Å². The summed E-state index contributed by atoms with van der Waals surface area (Å²) >= 11 is 0. The fourth-order valence-electron chi connectivity index (χ4n) is 3.26. The normalized spacial score (nSPS) is 17.7. The molecule has 0 fully saturated rings. The molecule has 3 heteroatoms. The highest BCUT2D eigenvalue weighted by Gasteiger charge is 2.25. The van der Waals surface area contributed by atoms with Crippen molar-refractivity contribution in [3.8, 4) is 5.75 Å². The number of fused-ring (bicyclic) bond motifs is 1. The van der Waals surface area contributed by atoms with Gasteiger partial charge in [0.15, 0.2) is 0 Å². The summed E-state index contributed by atoms with van der Waals surface area (Å²) in [7, 11) is 0. The van der Waals surface area contributed by atoms with E-state index in [2.05, 4.69) is 28.9 Å².